The van der Waals surface area contributed by atoms with Gasteiger partial charge in [0.25, 0.3) is 5.91 Å². The standard InChI is InChI=1S/C20H15F3N2O4S2/c1-10(24-25-18(27)14-7-8-15(31-14)19(28)29-2)13-9-30-17(16(13)26)11-3-5-12(6-4-11)20(21,22)23/h3-9,26H,1-2H3,(H,25,27). The van der Waals surface area contributed by atoms with Crippen molar-refractivity contribution in [2.24, 2.45) is 5.10 Å². The van der Waals surface area contributed by atoms with Crippen molar-refractivity contribution >= 4 is 40.3 Å². The number of halogens is 3. The molecule has 0 fully saturated rings. The summed E-state index contributed by atoms with van der Waals surface area (Å²) < 4.78 is 42.8. The maximum absolute atomic E-state index is 12.7. The zero-order chi connectivity index (χ0) is 22.8. The second kappa shape index (κ2) is 8.90. The van der Waals surface area contributed by atoms with Crippen molar-refractivity contribution in [1.82, 2.24) is 5.43 Å². The number of nitrogens with zero attached hydrogens (tertiary/aromatic N) is 1. The summed E-state index contributed by atoms with van der Waals surface area (Å²) in [6, 6.07) is 7.37. The average molecular weight is 468 g/mol. The molecule has 0 aliphatic rings. The second-order valence-corrected chi connectivity index (χ2v) is 8.16. The van der Waals surface area contributed by atoms with Gasteiger partial charge in [-0.3, -0.25) is 4.79 Å². The SMILES string of the molecule is COC(=O)c1ccc(C(=O)NN=C(C)c2csc(-c3ccc(C(F)(F)F)cc3)c2O)s1. The molecule has 0 radical (unpaired) electrons. The molecule has 0 aliphatic carbocycles. The minimum atomic E-state index is -4.44. The van der Waals surface area contributed by atoms with Crippen LogP contribution in [-0.2, 0) is 10.9 Å². The molecule has 31 heavy (non-hydrogen) atoms. The minimum Gasteiger partial charge on any atom is -0.506 e. The van der Waals surface area contributed by atoms with Crippen LogP contribution >= 0.6 is 22.7 Å². The monoisotopic (exact) mass is 468 g/mol. The Labute approximate surface area is 182 Å². The Kier molecular flexibility index (Phi) is 6.46. The quantitative estimate of drug-likeness (QED) is 0.308. The highest BCUT2D eigenvalue weighted by atomic mass is 32.1. The van der Waals surface area contributed by atoms with E-state index in [0.29, 0.717) is 21.7 Å². The van der Waals surface area contributed by atoms with E-state index in [1.807, 2.05) is 0 Å². The molecule has 3 aromatic rings. The molecule has 0 saturated heterocycles. The third-order valence-electron chi connectivity index (χ3n) is 4.17. The van der Waals surface area contributed by atoms with Gasteiger partial charge in [-0.15, -0.1) is 22.7 Å². The van der Waals surface area contributed by atoms with Gasteiger partial charge in [-0.05, 0) is 36.8 Å². The van der Waals surface area contributed by atoms with E-state index in [2.05, 4.69) is 15.3 Å². The Balaban J connectivity index is 1.75. The lowest BCUT2D eigenvalue weighted by Crippen LogP contribution is -2.18. The molecular weight excluding hydrogens is 453 g/mol. The number of thiophene rings is 2. The smallest absolute Gasteiger partial charge is 0.416 e. The van der Waals surface area contributed by atoms with Gasteiger partial charge in [-0.2, -0.15) is 18.3 Å². The summed E-state index contributed by atoms with van der Waals surface area (Å²) in [6.07, 6.45) is -4.44. The van der Waals surface area contributed by atoms with Crippen LogP contribution in [0.1, 0.15) is 37.4 Å². The first-order valence-corrected chi connectivity index (χ1v) is 10.3. The van der Waals surface area contributed by atoms with Crippen LogP contribution in [0.2, 0.25) is 0 Å². The molecule has 162 valence electrons. The van der Waals surface area contributed by atoms with E-state index in [1.54, 1.807) is 12.3 Å². The molecule has 3 rings (SSSR count). The summed E-state index contributed by atoms with van der Waals surface area (Å²) in [4.78, 5) is 24.6. The molecule has 1 aromatic carbocycles. The Morgan fingerprint density at radius 2 is 1.74 bits per heavy atom. The van der Waals surface area contributed by atoms with Crippen LogP contribution in [0.3, 0.4) is 0 Å². The molecule has 11 heteroatoms. The summed E-state index contributed by atoms with van der Waals surface area (Å²) in [6.45, 7) is 1.56. The van der Waals surface area contributed by atoms with Gasteiger partial charge in [0.05, 0.1) is 33.7 Å². The maximum atomic E-state index is 12.7. The van der Waals surface area contributed by atoms with Gasteiger partial charge in [0.2, 0.25) is 0 Å². The van der Waals surface area contributed by atoms with Crippen molar-refractivity contribution in [3.63, 3.8) is 0 Å². The highest BCUT2D eigenvalue weighted by molar-refractivity contribution is 7.16. The fourth-order valence-electron chi connectivity index (χ4n) is 2.54. The third-order valence-corrected chi connectivity index (χ3v) is 6.25. The lowest BCUT2D eigenvalue weighted by Gasteiger charge is -2.07. The van der Waals surface area contributed by atoms with E-state index in [1.165, 1.54) is 31.4 Å². The molecule has 2 heterocycles. The van der Waals surface area contributed by atoms with E-state index < -0.39 is 23.6 Å². The Morgan fingerprint density at radius 1 is 1.10 bits per heavy atom. The molecule has 0 atom stereocenters. The Morgan fingerprint density at radius 3 is 2.35 bits per heavy atom. The van der Waals surface area contributed by atoms with Gasteiger partial charge in [0.1, 0.15) is 10.6 Å². The summed E-state index contributed by atoms with van der Waals surface area (Å²) in [5.74, 6) is -1.25. The number of carbonyl (C=O) groups excluding carboxylic acids is 2. The maximum Gasteiger partial charge on any atom is 0.416 e. The van der Waals surface area contributed by atoms with Crippen LogP contribution in [0.4, 0.5) is 13.2 Å². The number of amides is 1. The molecule has 6 nitrogen and oxygen atoms in total. The Hall–Kier alpha value is -3.18. The van der Waals surface area contributed by atoms with Crippen LogP contribution < -0.4 is 5.43 Å². The highest BCUT2D eigenvalue weighted by Gasteiger charge is 2.30. The molecule has 2 N–H and O–H groups in total. The lowest BCUT2D eigenvalue weighted by atomic mass is 10.1. The van der Waals surface area contributed by atoms with Crippen molar-refractivity contribution in [1.29, 1.82) is 0 Å². The number of carbonyl (C=O) groups is 2. The van der Waals surface area contributed by atoms with Crippen LogP contribution in [-0.4, -0.2) is 29.8 Å². The number of methoxy groups -OCH3 is 1. The van der Waals surface area contributed by atoms with E-state index in [-0.39, 0.29) is 15.5 Å². The van der Waals surface area contributed by atoms with Crippen molar-refractivity contribution in [2.45, 2.75) is 13.1 Å². The molecule has 1 amide bonds. The zero-order valence-electron chi connectivity index (χ0n) is 16.1. The van der Waals surface area contributed by atoms with Crippen molar-refractivity contribution < 1.29 is 32.6 Å². The lowest BCUT2D eigenvalue weighted by molar-refractivity contribution is -0.137. The topological polar surface area (TPSA) is 88.0 Å². The number of ether oxygens (including phenoxy) is 1. The average Bonchev–Trinajstić information content (AvgIpc) is 3.38. The van der Waals surface area contributed by atoms with E-state index in [9.17, 15) is 27.9 Å². The number of alkyl halides is 3. The number of nitrogens with one attached hydrogen (secondary N) is 1. The van der Waals surface area contributed by atoms with Gasteiger partial charge in [-0.25, -0.2) is 10.2 Å². The van der Waals surface area contributed by atoms with E-state index in [0.717, 1.165) is 34.8 Å². The summed E-state index contributed by atoms with van der Waals surface area (Å²) in [7, 11) is 1.24. The normalized spacial score (nSPS) is 12.0. The molecule has 2 aromatic heterocycles. The van der Waals surface area contributed by atoms with Gasteiger partial charge < -0.3 is 9.84 Å². The fraction of sp³-hybridized carbons (Fsp3) is 0.150. The zero-order valence-corrected chi connectivity index (χ0v) is 17.7. The number of hydrogen-bond acceptors (Lipinski definition) is 7. The number of aromatic hydroxyl groups is 1. The second-order valence-electron chi connectivity index (χ2n) is 6.20. The molecule has 0 spiro atoms. The van der Waals surface area contributed by atoms with Crippen LogP contribution in [0.5, 0.6) is 5.75 Å². The fourth-order valence-corrected chi connectivity index (χ4v) is 4.37. The van der Waals surface area contributed by atoms with Gasteiger partial charge in [0.15, 0.2) is 0 Å². The first-order chi connectivity index (χ1) is 14.6. The predicted molar refractivity (Wildman–Crippen MR) is 112 cm³/mol. The van der Waals surface area contributed by atoms with Crippen LogP contribution in [0.25, 0.3) is 10.4 Å². The number of esters is 1. The van der Waals surface area contributed by atoms with E-state index >= 15 is 0 Å². The third kappa shape index (κ3) is 4.94. The molecule has 0 saturated carbocycles. The van der Waals surface area contributed by atoms with Crippen molar-refractivity contribution in [3.05, 3.63) is 62.7 Å². The minimum absolute atomic E-state index is 0.149. The van der Waals surface area contributed by atoms with Gasteiger partial charge in [-0.1, -0.05) is 12.1 Å². The largest absolute Gasteiger partial charge is 0.506 e. The first kappa shape index (κ1) is 22.5. The molecule has 0 aliphatic heterocycles. The van der Waals surface area contributed by atoms with Crippen LogP contribution in [0.15, 0.2) is 46.9 Å². The molecule has 0 unspecified atom stereocenters. The summed E-state index contributed by atoms with van der Waals surface area (Å²) in [5.41, 5.74) is 2.62. The number of hydrazone groups is 1. The molecular formula is C20H15F3N2O4S2. The van der Waals surface area contributed by atoms with Crippen LogP contribution in [0, 0.1) is 0 Å². The van der Waals surface area contributed by atoms with Gasteiger partial charge in [0, 0.05) is 5.38 Å². The summed E-state index contributed by atoms with van der Waals surface area (Å²) >= 11 is 2.08. The predicted octanol–water partition coefficient (Wildman–Crippen LogP) is 5.14. The van der Waals surface area contributed by atoms with Crippen molar-refractivity contribution in [3.8, 4) is 16.2 Å². The van der Waals surface area contributed by atoms with Gasteiger partial charge >= 0.3 is 12.1 Å². The summed E-state index contributed by atoms with van der Waals surface area (Å²) in [5, 5.41) is 16.1. The highest BCUT2D eigenvalue weighted by Crippen LogP contribution is 2.40. The molecule has 0 bridgehead atoms. The number of benzene rings is 1. The number of rotatable bonds is 5. The van der Waals surface area contributed by atoms with E-state index in [4.69, 9.17) is 0 Å². The first-order valence-electron chi connectivity index (χ1n) is 8.63. The van der Waals surface area contributed by atoms with Crippen molar-refractivity contribution in [2.75, 3.05) is 7.11 Å². The number of hydrogen-bond donors (Lipinski definition) is 2. The Bertz CT molecular complexity index is 1150.